The second-order valence-electron chi connectivity index (χ2n) is 9.17. The lowest BCUT2D eigenvalue weighted by Gasteiger charge is -2.26. The number of H-pyrrole nitrogens is 1. The highest BCUT2D eigenvalue weighted by Crippen LogP contribution is 2.28. The minimum absolute atomic E-state index is 0.358. The fraction of sp³-hybridized carbons (Fsp3) is 0.276. The minimum atomic E-state index is 0.358. The zero-order valence-electron chi connectivity index (χ0n) is 21.6. The monoisotopic (exact) mass is 512 g/mol. The molecule has 4 N–H and O–H groups in total. The van der Waals surface area contributed by atoms with Gasteiger partial charge in [0.1, 0.15) is 23.0 Å². The van der Waals surface area contributed by atoms with Crippen LogP contribution in [0, 0.1) is 0 Å². The number of hydrogen-bond acceptors (Lipinski definition) is 8. The number of rotatable bonds is 10. The number of pyridine rings is 1. The second-order valence-corrected chi connectivity index (χ2v) is 9.17. The first kappa shape index (κ1) is 25.4. The van der Waals surface area contributed by atoms with E-state index >= 15 is 0 Å². The van der Waals surface area contributed by atoms with Crippen LogP contribution in [0.25, 0.3) is 11.3 Å². The Bertz CT molecular complexity index is 1310. The molecule has 1 aliphatic rings. The van der Waals surface area contributed by atoms with E-state index in [0.717, 1.165) is 85.9 Å². The van der Waals surface area contributed by atoms with E-state index in [2.05, 4.69) is 25.2 Å². The van der Waals surface area contributed by atoms with E-state index in [1.54, 1.807) is 6.20 Å². The molecule has 0 unspecified atom stereocenters. The Hall–Kier alpha value is -4.21. The SMILES string of the molecule is CN(c1ccc(Oc2ccnc(NCCCN3CCOCC3)c2)cc1)c1cc(-c2ccccc2)nc(N)[nH+]1. The number of nitrogens with one attached hydrogen (secondary N) is 2. The average molecular weight is 513 g/mol. The van der Waals surface area contributed by atoms with Crippen LogP contribution in [0.5, 0.6) is 11.5 Å². The summed E-state index contributed by atoms with van der Waals surface area (Å²) in [6.45, 7) is 5.61. The van der Waals surface area contributed by atoms with Crippen molar-refractivity contribution >= 4 is 23.3 Å². The molecular formula is C29H34N7O2+. The molecule has 1 aliphatic heterocycles. The van der Waals surface area contributed by atoms with Crippen molar-refractivity contribution in [3.8, 4) is 22.8 Å². The number of aromatic amines is 1. The van der Waals surface area contributed by atoms with Gasteiger partial charge in [-0.2, -0.15) is 0 Å². The summed E-state index contributed by atoms with van der Waals surface area (Å²) >= 11 is 0. The van der Waals surface area contributed by atoms with E-state index in [9.17, 15) is 0 Å². The number of nitrogens with zero attached hydrogens (tertiary/aromatic N) is 4. The van der Waals surface area contributed by atoms with Crippen LogP contribution in [-0.2, 0) is 4.74 Å². The van der Waals surface area contributed by atoms with Gasteiger partial charge < -0.3 is 20.5 Å². The lowest BCUT2D eigenvalue weighted by molar-refractivity contribution is -0.349. The Labute approximate surface area is 223 Å². The van der Waals surface area contributed by atoms with E-state index in [-0.39, 0.29) is 0 Å². The molecule has 9 heteroatoms. The maximum Gasteiger partial charge on any atom is 0.342 e. The Morgan fingerprint density at radius 1 is 1.03 bits per heavy atom. The van der Waals surface area contributed by atoms with Crippen LogP contribution in [0.3, 0.4) is 0 Å². The third kappa shape index (κ3) is 6.76. The molecule has 0 bridgehead atoms. The predicted molar refractivity (Wildman–Crippen MR) is 150 cm³/mol. The van der Waals surface area contributed by atoms with Gasteiger partial charge in [0, 0.05) is 50.6 Å². The molecule has 2 aromatic carbocycles. The summed E-state index contributed by atoms with van der Waals surface area (Å²) < 4.78 is 11.5. The maximum absolute atomic E-state index is 6.10. The van der Waals surface area contributed by atoms with Gasteiger partial charge in [-0.25, -0.2) is 9.97 Å². The minimum Gasteiger partial charge on any atom is -0.457 e. The number of ether oxygens (including phenoxy) is 2. The van der Waals surface area contributed by atoms with Crippen LogP contribution in [0.2, 0.25) is 0 Å². The largest absolute Gasteiger partial charge is 0.457 e. The van der Waals surface area contributed by atoms with Gasteiger partial charge in [0.2, 0.25) is 5.82 Å². The fourth-order valence-electron chi connectivity index (χ4n) is 4.35. The molecule has 196 valence electrons. The van der Waals surface area contributed by atoms with Crippen LogP contribution in [0.15, 0.2) is 79.0 Å². The maximum atomic E-state index is 6.10. The predicted octanol–water partition coefficient (Wildman–Crippen LogP) is 4.23. The van der Waals surface area contributed by atoms with E-state index in [1.807, 2.05) is 84.7 Å². The molecule has 0 spiro atoms. The molecule has 1 fully saturated rings. The van der Waals surface area contributed by atoms with Crippen LogP contribution in [0.4, 0.5) is 23.3 Å². The number of anilines is 4. The summed E-state index contributed by atoms with van der Waals surface area (Å²) in [6.07, 6.45) is 2.81. The molecule has 1 saturated heterocycles. The highest BCUT2D eigenvalue weighted by atomic mass is 16.5. The Morgan fingerprint density at radius 2 is 1.82 bits per heavy atom. The number of aromatic nitrogens is 3. The summed E-state index contributed by atoms with van der Waals surface area (Å²) in [6, 6.07) is 23.7. The van der Waals surface area contributed by atoms with Crippen molar-refractivity contribution in [1.82, 2.24) is 14.9 Å². The van der Waals surface area contributed by atoms with Gasteiger partial charge in [0.05, 0.1) is 18.9 Å². The van der Waals surface area contributed by atoms with Crippen molar-refractivity contribution in [2.45, 2.75) is 6.42 Å². The quantitative estimate of drug-likeness (QED) is 0.304. The first-order valence-corrected chi connectivity index (χ1v) is 12.9. The lowest BCUT2D eigenvalue weighted by Crippen LogP contribution is -2.37. The van der Waals surface area contributed by atoms with Crippen molar-refractivity contribution in [2.75, 3.05) is 62.4 Å². The van der Waals surface area contributed by atoms with Gasteiger partial charge in [-0.15, -0.1) is 4.98 Å². The van der Waals surface area contributed by atoms with Gasteiger partial charge in [-0.3, -0.25) is 9.80 Å². The summed E-state index contributed by atoms with van der Waals surface area (Å²) in [5, 5.41) is 3.40. The molecule has 3 heterocycles. The van der Waals surface area contributed by atoms with Crippen molar-refractivity contribution < 1.29 is 14.5 Å². The van der Waals surface area contributed by atoms with Crippen LogP contribution >= 0.6 is 0 Å². The normalized spacial score (nSPS) is 13.7. The summed E-state index contributed by atoms with van der Waals surface area (Å²) in [7, 11) is 1.98. The summed E-state index contributed by atoms with van der Waals surface area (Å²) in [4.78, 5) is 16.5. The third-order valence-electron chi connectivity index (χ3n) is 6.45. The molecule has 0 radical (unpaired) electrons. The number of morpholine rings is 1. The zero-order valence-corrected chi connectivity index (χ0v) is 21.6. The fourth-order valence-corrected chi connectivity index (χ4v) is 4.35. The molecule has 0 saturated carbocycles. The van der Waals surface area contributed by atoms with Gasteiger partial charge >= 0.3 is 5.95 Å². The molecule has 38 heavy (non-hydrogen) atoms. The number of nitrogen functional groups attached to an aromatic ring is 1. The van der Waals surface area contributed by atoms with E-state index in [0.29, 0.717) is 5.95 Å². The molecule has 9 nitrogen and oxygen atoms in total. The van der Waals surface area contributed by atoms with Gasteiger partial charge in [-0.05, 0) is 43.3 Å². The first-order chi connectivity index (χ1) is 18.6. The number of nitrogens with two attached hydrogens (primary N) is 1. The van der Waals surface area contributed by atoms with Crippen molar-refractivity contribution in [3.05, 3.63) is 79.0 Å². The zero-order chi connectivity index (χ0) is 26.2. The standard InChI is InChI=1S/C29H33N7O2/c1-35(28-21-26(33-29(30)34-28)22-6-3-2-4-7-22)23-8-10-24(11-9-23)38-25-12-14-32-27(20-25)31-13-5-15-36-16-18-37-19-17-36/h2-4,6-12,14,20-21H,5,13,15-19H2,1H3,(H,31,32)(H2,30,33,34)/p+1. The second kappa shape index (κ2) is 12.4. The van der Waals surface area contributed by atoms with Crippen molar-refractivity contribution in [1.29, 1.82) is 0 Å². The van der Waals surface area contributed by atoms with Gasteiger partial charge in [-0.1, -0.05) is 30.3 Å². The number of benzene rings is 2. The molecule has 0 aliphatic carbocycles. The summed E-state index contributed by atoms with van der Waals surface area (Å²) in [5.74, 6) is 3.48. The molecule has 2 aromatic heterocycles. The van der Waals surface area contributed by atoms with Gasteiger partial charge in [0.25, 0.3) is 0 Å². The topological polar surface area (TPSA) is 103 Å². The average Bonchev–Trinajstić information content (AvgIpc) is 2.96. The van der Waals surface area contributed by atoms with Crippen LogP contribution in [0.1, 0.15) is 6.42 Å². The van der Waals surface area contributed by atoms with E-state index in [1.165, 1.54) is 0 Å². The molecule has 0 atom stereocenters. The lowest BCUT2D eigenvalue weighted by atomic mass is 10.1. The van der Waals surface area contributed by atoms with E-state index in [4.69, 9.17) is 15.2 Å². The Morgan fingerprint density at radius 3 is 2.61 bits per heavy atom. The third-order valence-corrected chi connectivity index (χ3v) is 6.45. The van der Waals surface area contributed by atoms with Crippen LogP contribution < -0.4 is 25.7 Å². The first-order valence-electron chi connectivity index (χ1n) is 12.9. The molecule has 5 rings (SSSR count). The molecule has 0 amide bonds. The van der Waals surface area contributed by atoms with Gasteiger partial charge in [0.15, 0.2) is 0 Å². The smallest absolute Gasteiger partial charge is 0.342 e. The van der Waals surface area contributed by atoms with Crippen molar-refractivity contribution in [3.63, 3.8) is 0 Å². The van der Waals surface area contributed by atoms with Crippen LogP contribution in [-0.4, -0.2) is 61.3 Å². The molecular weight excluding hydrogens is 478 g/mol. The Kier molecular flexibility index (Phi) is 8.27. The van der Waals surface area contributed by atoms with Crippen molar-refractivity contribution in [2.24, 2.45) is 0 Å². The van der Waals surface area contributed by atoms with E-state index < -0.39 is 0 Å². The highest BCUT2D eigenvalue weighted by Gasteiger charge is 2.15. The molecule has 4 aromatic rings. The highest BCUT2D eigenvalue weighted by molar-refractivity contribution is 5.66. The Balaban J connectivity index is 1.18. The number of hydrogen-bond donors (Lipinski definition) is 2. The summed E-state index contributed by atoms with van der Waals surface area (Å²) in [5.41, 5.74) is 8.88.